The van der Waals surface area contributed by atoms with Crippen LogP contribution in [0.25, 0.3) is 0 Å². The zero-order valence-corrected chi connectivity index (χ0v) is 17.1. The van der Waals surface area contributed by atoms with Crippen LogP contribution in [0.2, 0.25) is 0 Å². The summed E-state index contributed by atoms with van der Waals surface area (Å²) in [5, 5.41) is 0. The van der Waals surface area contributed by atoms with Gasteiger partial charge < -0.3 is 4.52 Å². The highest BCUT2D eigenvalue weighted by Gasteiger charge is 2.56. The summed E-state index contributed by atoms with van der Waals surface area (Å²) < 4.78 is 5.45. The summed E-state index contributed by atoms with van der Waals surface area (Å²) in [5.74, 6) is 1.87. The van der Waals surface area contributed by atoms with E-state index in [1.165, 1.54) is 96.3 Å². The number of hydrogen-bond donors (Lipinski definition) is 0. The van der Waals surface area contributed by atoms with Crippen molar-refractivity contribution in [1.82, 2.24) is 0 Å². The molecule has 3 aliphatic rings. The van der Waals surface area contributed by atoms with Gasteiger partial charge in [0.25, 0.3) is 0 Å². The molecule has 0 N–H and O–H groups in total. The van der Waals surface area contributed by atoms with Crippen molar-refractivity contribution in [3.8, 4) is 0 Å². The van der Waals surface area contributed by atoms with Crippen molar-refractivity contribution in [2.75, 3.05) is 0 Å². The molecule has 0 aliphatic heterocycles. The predicted molar refractivity (Wildman–Crippen MR) is 105 cm³/mol. The van der Waals surface area contributed by atoms with Crippen molar-refractivity contribution in [3.05, 3.63) is 0 Å². The molecule has 1 atom stereocenters. The van der Waals surface area contributed by atoms with Gasteiger partial charge in [-0.1, -0.05) is 57.8 Å². The summed E-state index contributed by atoms with van der Waals surface area (Å²) >= 11 is 0. The van der Waals surface area contributed by atoms with E-state index in [0.717, 1.165) is 0 Å². The Labute approximate surface area is 159 Å². The van der Waals surface area contributed by atoms with Gasteiger partial charge in [0.15, 0.2) is 0 Å². The quantitative estimate of drug-likeness (QED) is 0.505. The average Bonchev–Trinajstić information content (AvgIpc) is 2.65. The fourth-order valence-electron chi connectivity index (χ4n) is 6.34. The van der Waals surface area contributed by atoms with Gasteiger partial charge in [0, 0.05) is 0 Å². The summed E-state index contributed by atoms with van der Waals surface area (Å²) in [4.78, 5) is 13.3. The molecule has 156 valence electrons. The second-order valence-electron chi connectivity index (χ2n) is 8.34. The highest BCUT2D eigenvalue weighted by molar-refractivity contribution is 7.10. The lowest BCUT2D eigenvalue weighted by atomic mass is 9.51. The minimum Gasteiger partial charge on any atom is -0.451 e. The van der Waals surface area contributed by atoms with Crippen LogP contribution in [0.5, 0.6) is 0 Å². The largest absolute Gasteiger partial charge is 0.451 e. The molecule has 3 rings (SSSR count). The number of rotatable bonds is 4. The maximum atomic E-state index is 13.3. The minimum absolute atomic E-state index is 0. The maximum Gasteiger partial charge on any atom is 0.315 e. The molecule has 3 fully saturated rings. The highest BCUT2D eigenvalue weighted by atomic mass is 31.0. The SMILES string of the molecule is F.F.F.O=C(OP)C(C1CCCCC1)(C1CCCCC1)C1CCCCC1. The second kappa shape index (κ2) is 12.2. The van der Waals surface area contributed by atoms with Crippen LogP contribution in [0, 0.1) is 23.2 Å². The van der Waals surface area contributed by atoms with Crippen LogP contribution in [0.3, 0.4) is 0 Å². The molecule has 0 radical (unpaired) electrons. The molecule has 6 heteroatoms. The Morgan fingerprint density at radius 2 is 0.885 bits per heavy atom. The van der Waals surface area contributed by atoms with Gasteiger partial charge in [0.05, 0.1) is 14.9 Å². The Bertz CT molecular complexity index is 345. The van der Waals surface area contributed by atoms with Crippen molar-refractivity contribution in [3.63, 3.8) is 0 Å². The Kier molecular flexibility index (Phi) is 12.1. The molecular formula is C20H38F3O2P. The van der Waals surface area contributed by atoms with E-state index in [-0.39, 0.29) is 25.5 Å². The van der Waals surface area contributed by atoms with Gasteiger partial charge in [-0.05, 0) is 56.3 Å². The minimum atomic E-state index is -0.164. The lowest BCUT2D eigenvalue weighted by Crippen LogP contribution is -2.52. The molecule has 0 saturated heterocycles. The molecule has 0 aromatic rings. The van der Waals surface area contributed by atoms with Gasteiger partial charge in [-0.2, -0.15) is 0 Å². The first-order valence-electron chi connectivity index (χ1n) is 10.2. The van der Waals surface area contributed by atoms with Gasteiger partial charge in [-0.3, -0.25) is 18.9 Å². The summed E-state index contributed by atoms with van der Waals surface area (Å²) in [6.45, 7) is 0. The summed E-state index contributed by atoms with van der Waals surface area (Å²) in [7, 11) is 2.29. The zero-order valence-electron chi connectivity index (χ0n) is 16.0. The Morgan fingerprint density at radius 3 is 1.12 bits per heavy atom. The van der Waals surface area contributed by atoms with Crippen LogP contribution in [0.15, 0.2) is 0 Å². The standard InChI is InChI=1S/C20H35O2P.3FH/c21-19(22-23)20(16-10-4-1-5-11-16,17-12-6-2-7-13-17)18-14-8-3-9-15-18;;;/h16-18H,1-15,23H2;3*1H. The van der Waals surface area contributed by atoms with E-state index in [2.05, 4.69) is 9.47 Å². The van der Waals surface area contributed by atoms with Crippen LogP contribution >= 0.6 is 9.47 Å². The average molecular weight is 398 g/mol. The van der Waals surface area contributed by atoms with Crippen molar-refractivity contribution in [2.24, 2.45) is 23.2 Å². The molecule has 0 amide bonds. The summed E-state index contributed by atoms with van der Waals surface area (Å²) in [5.41, 5.74) is -0.164. The molecule has 0 aromatic carbocycles. The van der Waals surface area contributed by atoms with E-state index in [1.807, 2.05) is 0 Å². The van der Waals surface area contributed by atoms with E-state index in [1.54, 1.807) is 0 Å². The summed E-state index contributed by atoms with van der Waals surface area (Å²) in [6.07, 6.45) is 19.5. The van der Waals surface area contributed by atoms with Crippen molar-refractivity contribution in [1.29, 1.82) is 0 Å². The number of carbonyl (C=O) groups is 1. The lowest BCUT2D eigenvalue weighted by molar-refractivity contribution is -0.165. The lowest BCUT2D eigenvalue weighted by Gasteiger charge is -2.52. The fourth-order valence-corrected chi connectivity index (χ4v) is 6.55. The van der Waals surface area contributed by atoms with Crippen molar-refractivity contribution >= 4 is 15.4 Å². The third-order valence-corrected chi connectivity index (χ3v) is 7.52. The van der Waals surface area contributed by atoms with Gasteiger partial charge in [0.1, 0.15) is 0 Å². The molecule has 0 aromatic heterocycles. The van der Waals surface area contributed by atoms with Gasteiger partial charge >= 0.3 is 5.97 Å². The second-order valence-corrected chi connectivity index (χ2v) is 8.58. The topological polar surface area (TPSA) is 26.3 Å². The van der Waals surface area contributed by atoms with Gasteiger partial charge in [-0.25, -0.2) is 0 Å². The Balaban J connectivity index is 0.00000208. The molecule has 3 aliphatic carbocycles. The Hall–Kier alpha value is -0.310. The van der Waals surface area contributed by atoms with Crippen LogP contribution in [-0.4, -0.2) is 5.97 Å². The van der Waals surface area contributed by atoms with Crippen LogP contribution < -0.4 is 0 Å². The number of carbonyl (C=O) groups excluding carboxylic acids is 1. The third kappa shape index (κ3) is 4.94. The molecule has 1 unspecified atom stereocenters. The molecule has 0 spiro atoms. The molecule has 3 saturated carbocycles. The summed E-state index contributed by atoms with van der Waals surface area (Å²) in [6, 6.07) is 0. The Morgan fingerprint density at radius 1 is 0.615 bits per heavy atom. The number of halogens is 3. The van der Waals surface area contributed by atoms with Crippen LogP contribution in [-0.2, 0) is 9.32 Å². The van der Waals surface area contributed by atoms with E-state index in [9.17, 15) is 4.79 Å². The zero-order chi connectivity index (χ0) is 16.1. The molecule has 26 heavy (non-hydrogen) atoms. The third-order valence-electron chi connectivity index (χ3n) is 7.30. The van der Waals surface area contributed by atoms with Crippen LogP contribution in [0.4, 0.5) is 14.1 Å². The number of hydrogen-bond acceptors (Lipinski definition) is 2. The smallest absolute Gasteiger partial charge is 0.315 e. The first-order valence-corrected chi connectivity index (χ1v) is 10.7. The fraction of sp³-hybridized carbons (Fsp3) is 0.950. The van der Waals surface area contributed by atoms with E-state index in [4.69, 9.17) is 4.52 Å². The maximum absolute atomic E-state index is 13.3. The van der Waals surface area contributed by atoms with E-state index in [0.29, 0.717) is 17.8 Å². The van der Waals surface area contributed by atoms with Crippen molar-refractivity contribution in [2.45, 2.75) is 96.3 Å². The molecule has 2 nitrogen and oxygen atoms in total. The molecule has 0 bridgehead atoms. The normalized spacial score (nSPS) is 23.1. The monoisotopic (exact) mass is 398 g/mol. The van der Waals surface area contributed by atoms with Gasteiger partial charge in [-0.15, -0.1) is 0 Å². The van der Waals surface area contributed by atoms with Gasteiger partial charge in [0.2, 0.25) is 0 Å². The predicted octanol–water partition coefficient (Wildman–Crippen LogP) is 6.50. The van der Waals surface area contributed by atoms with E-state index >= 15 is 0 Å². The first kappa shape index (κ1) is 25.7. The van der Waals surface area contributed by atoms with Crippen LogP contribution in [0.1, 0.15) is 96.3 Å². The molecular weight excluding hydrogens is 360 g/mol. The highest BCUT2D eigenvalue weighted by Crippen LogP contribution is 2.57. The van der Waals surface area contributed by atoms with E-state index < -0.39 is 0 Å². The van der Waals surface area contributed by atoms with Crippen molar-refractivity contribution < 1.29 is 23.4 Å². The first-order chi connectivity index (χ1) is 11.3. The molecule has 0 heterocycles.